The molecule has 1 aliphatic rings. The van der Waals surface area contributed by atoms with Gasteiger partial charge < -0.3 is 9.84 Å². The van der Waals surface area contributed by atoms with Gasteiger partial charge in [-0.05, 0) is 12.8 Å². The minimum Gasteiger partial charge on any atom is -0.478 e. The zero-order chi connectivity index (χ0) is 14.2. The number of carboxylic acid groups (broad SMARTS) is 1. The second-order valence-corrected chi connectivity index (χ2v) is 5.02. The van der Waals surface area contributed by atoms with Gasteiger partial charge in [0.25, 0.3) is 0 Å². The number of aliphatic carboxylic acids is 1. The molecule has 1 N–H and O–H groups in total. The minimum atomic E-state index is -1.15. The highest BCUT2D eigenvalue weighted by molar-refractivity contribution is 6.42. The molecule has 0 saturated heterocycles. The average Bonchev–Trinajstić information content (AvgIpc) is 3.13. The van der Waals surface area contributed by atoms with Crippen molar-refractivity contribution in [3.8, 4) is 5.75 Å². The van der Waals surface area contributed by atoms with Crippen LogP contribution in [-0.4, -0.2) is 22.1 Å². The number of halogens is 2. The summed E-state index contributed by atoms with van der Waals surface area (Å²) >= 11 is 11.5. The fraction of sp³-hybridized carbons (Fsp3) is 0.364. The van der Waals surface area contributed by atoms with Gasteiger partial charge in [0.15, 0.2) is 11.9 Å². The smallest absolute Gasteiger partial charge is 0.345 e. The van der Waals surface area contributed by atoms with Crippen LogP contribution in [0.15, 0.2) is 12.1 Å². The van der Waals surface area contributed by atoms with E-state index in [1.54, 1.807) is 0 Å². The fourth-order valence-electron chi connectivity index (χ4n) is 1.64. The highest BCUT2D eigenvalue weighted by atomic mass is 35.5. The van der Waals surface area contributed by atoms with E-state index < -0.39 is 22.7 Å². The fourth-order valence-corrected chi connectivity index (χ4v) is 1.95. The Morgan fingerprint density at radius 3 is 2.47 bits per heavy atom. The van der Waals surface area contributed by atoms with E-state index in [1.165, 1.54) is 6.07 Å². The van der Waals surface area contributed by atoms with Crippen LogP contribution in [0, 0.1) is 16.0 Å². The molecule has 0 aromatic heterocycles. The molecular formula is C11H9Cl2NO5. The topological polar surface area (TPSA) is 89.7 Å². The van der Waals surface area contributed by atoms with E-state index in [1.807, 2.05) is 0 Å². The molecule has 0 amide bonds. The molecule has 1 unspecified atom stereocenters. The van der Waals surface area contributed by atoms with Gasteiger partial charge in [-0.15, -0.1) is 0 Å². The first-order chi connectivity index (χ1) is 8.90. The second-order valence-electron chi connectivity index (χ2n) is 4.21. The third-order valence-corrected chi connectivity index (χ3v) is 3.47. The summed E-state index contributed by atoms with van der Waals surface area (Å²) in [5.41, 5.74) is -0.402. The largest absolute Gasteiger partial charge is 0.478 e. The molecule has 0 heterocycles. The van der Waals surface area contributed by atoms with Crippen LogP contribution in [0.5, 0.6) is 5.75 Å². The van der Waals surface area contributed by atoms with Gasteiger partial charge in [0.05, 0.1) is 15.0 Å². The first-order valence-corrected chi connectivity index (χ1v) is 6.18. The third-order valence-electron chi connectivity index (χ3n) is 2.75. The van der Waals surface area contributed by atoms with Crippen molar-refractivity contribution >= 4 is 34.9 Å². The van der Waals surface area contributed by atoms with E-state index in [2.05, 4.69) is 0 Å². The Morgan fingerprint density at radius 2 is 2.00 bits per heavy atom. The Balaban J connectivity index is 2.34. The van der Waals surface area contributed by atoms with E-state index in [0.29, 0.717) is 0 Å². The number of carbonyl (C=O) groups is 1. The zero-order valence-corrected chi connectivity index (χ0v) is 11.0. The molecule has 0 aliphatic heterocycles. The van der Waals surface area contributed by atoms with Gasteiger partial charge in [0.2, 0.25) is 0 Å². The van der Waals surface area contributed by atoms with Crippen LogP contribution in [0.2, 0.25) is 10.0 Å². The molecular weight excluding hydrogens is 297 g/mol. The second kappa shape index (κ2) is 5.22. The summed E-state index contributed by atoms with van der Waals surface area (Å²) in [6, 6.07) is 2.21. The van der Waals surface area contributed by atoms with Crippen molar-refractivity contribution in [2.45, 2.75) is 18.9 Å². The Labute approximate surface area is 118 Å². The summed E-state index contributed by atoms with van der Waals surface area (Å²) < 4.78 is 5.24. The lowest BCUT2D eigenvalue weighted by Crippen LogP contribution is -2.29. The maximum absolute atomic E-state index is 11.1. The predicted octanol–water partition coefficient (Wildman–Crippen LogP) is 3.14. The van der Waals surface area contributed by atoms with E-state index in [-0.39, 0.29) is 21.7 Å². The van der Waals surface area contributed by atoms with Crippen LogP contribution < -0.4 is 4.74 Å². The Hall–Kier alpha value is -1.53. The van der Waals surface area contributed by atoms with Gasteiger partial charge in [-0.3, -0.25) is 10.1 Å². The summed E-state index contributed by atoms with van der Waals surface area (Å²) in [6.07, 6.45) is 0.356. The number of benzene rings is 1. The van der Waals surface area contributed by atoms with Crippen molar-refractivity contribution in [2.24, 2.45) is 5.92 Å². The number of carboxylic acids is 1. The lowest BCUT2D eigenvalue weighted by Gasteiger charge is -2.14. The average molecular weight is 306 g/mol. The van der Waals surface area contributed by atoms with E-state index in [0.717, 1.165) is 18.9 Å². The molecule has 1 atom stereocenters. The molecule has 1 aromatic rings. The first kappa shape index (κ1) is 13.9. The highest BCUT2D eigenvalue weighted by Crippen LogP contribution is 2.40. The molecule has 1 aliphatic carbocycles. The number of nitro groups is 1. The zero-order valence-electron chi connectivity index (χ0n) is 9.51. The number of rotatable bonds is 5. The summed E-state index contributed by atoms with van der Waals surface area (Å²) in [5, 5.41) is 20.0. The normalized spacial score (nSPS) is 15.9. The van der Waals surface area contributed by atoms with Crippen LogP contribution in [0.1, 0.15) is 12.8 Å². The van der Waals surface area contributed by atoms with Crippen LogP contribution in [-0.2, 0) is 4.79 Å². The molecule has 1 fully saturated rings. The number of ether oxygens (including phenoxy) is 1. The molecule has 8 heteroatoms. The molecule has 0 bridgehead atoms. The summed E-state index contributed by atoms with van der Waals surface area (Å²) in [5.74, 6) is -1.45. The molecule has 0 radical (unpaired) electrons. The van der Waals surface area contributed by atoms with Gasteiger partial charge in [0, 0.05) is 18.1 Å². The monoisotopic (exact) mass is 305 g/mol. The van der Waals surface area contributed by atoms with E-state index >= 15 is 0 Å². The number of hydrogen-bond donors (Lipinski definition) is 1. The molecule has 19 heavy (non-hydrogen) atoms. The van der Waals surface area contributed by atoms with Crippen molar-refractivity contribution in [3.05, 3.63) is 32.3 Å². The van der Waals surface area contributed by atoms with Crippen LogP contribution in [0.4, 0.5) is 5.69 Å². The third kappa shape index (κ3) is 3.08. The SMILES string of the molecule is O=C(O)C(Oc1cc(Cl)c(Cl)cc1[N+](=O)[O-])C1CC1. The molecule has 0 spiro atoms. The summed E-state index contributed by atoms with van der Waals surface area (Å²) in [6.45, 7) is 0. The lowest BCUT2D eigenvalue weighted by molar-refractivity contribution is -0.386. The van der Waals surface area contributed by atoms with E-state index in [4.69, 9.17) is 33.0 Å². The number of nitrogens with zero attached hydrogens (tertiary/aromatic N) is 1. The first-order valence-electron chi connectivity index (χ1n) is 5.43. The van der Waals surface area contributed by atoms with Gasteiger partial charge >= 0.3 is 11.7 Å². The van der Waals surface area contributed by atoms with Crippen molar-refractivity contribution in [3.63, 3.8) is 0 Å². The standard InChI is InChI=1S/C11H9Cl2NO5/c12-6-3-8(14(17)18)9(4-7(6)13)19-10(11(15)16)5-1-2-5/h3-5,10H,1-2H2,(H,15,16). The maximum atomic E-state index is 11.1. The number of hydrogen-bond acceptors (Lipinski definition) is 4. The lowest BCUT2D eigenvalue weighted by atomic mass is 10.2. The Bertz CT molecular complexity index is 544. The molecule has 2 rings (SSSR count). The van der Waals surface area contributed by atoms with E-state index in [9.17, 15) is 14.9 Å². The predicted molar refractivity (Wildman–Crippen MR) is 67.9 cm³/mol. The van der Waals surface area contributed by atoms with Crippen molar-refractivity contribution in [1.29, 1.82) is 0 Å². The van der Waals surface area contributed by atoms with Crippen molar-refractivity contribution in [2.75, 3.05) is 0 Å². The van der Waals surface area contributed by atoms with Gasteiger partial charge in [0.1, 0.15) is 0 Å². The maximum Gasteiger partial charge on any atom is 0.345 e. The summed E-state index contributed by atoms with van der Waals surface area (Å²) in [7, 11) is 0. The minimum absolute atomic E-state index is 0.0130. The molecule has 102 valence electrons. The highest BCUT2D eigenvalue weighted by Gasteiger charge is 2.39. The Morgan fingerprint density at radius 1 is 1.42 bits per heavy atom. The molecule has 1 saturated carbocycles. The Kier molecular flexibility index (Phi) is 3.82. The molecule has 1 aromatic carbocycles. The van der Waals surface area contributed by atoms with Crippen LogP contribution in [0.3, 0.4) is 0 Å². The van der Waals surface area contributed by atoms with Crippen LogP contribution in [0.25, 0.3) is 0 Å². The van der Waals surface area contributed by atoms with Gasteiger partial charge in [-0.2, -0.15) is 0 Å². The van der Waals surface area contributed by atoms with Crippen molar-refractivity contribution < 1.29 is 19.6 Å². The molecule has 6 nitrogen and oxygen atoms in total. The number of nitro benzene ring substituents is 1. The quantitative estimate of drug-likeness (QED) is 0.666. The summed E-state index contributed by atoms with van der Waals surface area (Å²) in [4.78, 5) is 21.3. The van der Waals surface area contributed by atoms with Gasteiger partial charge in [-0.25, -0.2) is 4.79 Å². The van der Waals surface area contributed by atoms with Crippen LogP contribution >= 0.6 is 23.2 Å². The van der Waals surface area contributed by atoms with Crippen molar-refractivity contribution in [1.82, 2.24) is 0 Å². The van der Waals surface area contributed by atoms with Gasteiger partial charge in [-0.1, -0.05) is 23.2 Å².